The first-order chi connectivity index (χ1) is 6.81. The Morgan fingerprint density at radius 2 is 2.07 bits per heavy atom. The van der Waals surface area contributed by atoms with Crippen molar-refractivity contribution in [3.05, 3.63) is 0 Å². The van der Waals surface area contributed by atoms with E-state index in [9.17, 15) is 4.79 Å². The Kier molecular flexibility index (Phi) is 2.34. The molecule has 0 heterocycles. The highest BCUT2D eigenvalue weighted by Gasteiger charge is 2.54. The smallest absolute Gasteiger partial charge is 0.326 e. The molecule has 0 aromatic carbocycles. The van der Waals surface area contributed by atoms with Crippen LogP contribution in [0.25, 0.3) is 0 Å². The number of carbonyl (C=O) groups excluding carboxylic acids is 1. The molecule has 0 aromatic rings. The number of ether oxygens (including phenoxy) is 1. The van der Waals surface area contributed by atoms with E-state index in [1.165, 1.54) is 6.42 Å². The molecule has 0 amide bonds. The lowest BCUT2D eigenvalue weighted by atomic mass is 9.82. The zero-order valence-corrected chi connectivity index (χ0v) is 9.88. The van der Waals surface area contributed by atoms with Gasteiger partial charge in [-0.2, -0.15) is 0 Å². The summed E-state index contributed by atoms with van der Waals surface area (Å²) < 4.78 is 5.41. The monoisotopic (exact) mass is 211 g/mol. The highest BCUT2D eigenvalue weighted by atomic mass is 16.6. The topological polar surface area (TPSA) is 52.3 Å². The minimum absolute atomic E-state index is 0.192. The first kappa shape index (κ1) is 10.9. The van der Waals surface area contributed by atoms with Crippen molar-refractivity contribution < 1.29 is 9.53 Å². The van der Waals surface area contributed by atoms with Gasteiger partial charge in [-0.3, -0.25) is 4.79 Å². The summed E-state index contributed by atoms with van der Waals surface area (Å²) in [5, 5.41) is 0. The van der Waals surface area contributed by atoms with Gasteiger partial charge >= 0.3 is 5.97 Å². The molecule has 3 heteroatoms. The van der Waals surface area contributed by atoms with Gasteiger partial charge in [-0.05, 0) is 51.9 Å². The van der Waals surface area contributed by atoms with Crippen molar-refractivity contribution in [2.75, 3.05) is 0 Å². The van der Waals surface area contributed by atoms with Crippen LogP contribution >= 0.6 is 0 Å². The summed E-state index contributed by atoms with van der Waals surface area (Å²) in [6, 6.07) is 0. The Bertz CT molecular complexity index is 282. The summed E-state index contributed by atoms with van der Waals surface area (Å²) in [5.74, 6) is 0.826. The van der Waals surface area contributed by atoms with E-state index >= 15 is 0 Å². The zero-order valence-electron chi connectivity index (χ0n) is 9.88. The predicted molar refractivity (Wildman–Crippen MR) is 58.2 cm³/mol. The number of carbonyl (C=O) groups is 1. The number of esters is 1. The van der Waals surface area contributed by atoms with Crippen LogP contribution in [-0.4, -0.2) is 17.1 Å². The zero-order chi connectivity index (χ0) is 11.3. The Morgan fingerprint density at radius 1 is 1.40 bits per heavy atom. The second-order valence-electron chi connectivity index (χ2n) is 6.12. The molecule has 0 radical (unpaired) electrons. The van der Waals surface area contributed by atoms with Crippen LogP contribution in [0.1, 0.15) is 46.5 Å². The minimum Gasteiger partial charge on any atom is -0.459 e. The van der Waals surface area contributed by atoms with Crippen LogP contribution in [0.5, 0.6) is 0 Å². The molecule has 0 aromatic heterocycles. The van der Waals surface area contributed by atoms with Crippen LogP contribution in [0.2, 0.25) is 0 Å². The Morgan fingerprint density at radius 3 is 2.47 bits per heavy atom. The molecule has 0 unspecified atom stereocenters. The van der Waals surface area contributed by atoms with Crippen LogP contribution in [0.15, 0.2) is 0 Å². The SMILES string of the molecule is CC(C)(C)OC(=O)[C@]1(N)C[C@H]2CC[C@@H]1C2. The van der Waals surface area contributed by atoms with Crippen molar-refractivity contribution in [2.45, 2.75) is 57.6 Å². The summed E-state index contributed by atoms with van der Waals surface area (Å²) >= 11 is 0. The average molecular weight is 211 g/mol. The first-order valence-electron chi connectivity index (χ1n) is 5.83. The maximum Gasteiger partial charge on any atom is 0.326 e. The summed E-state index contributed by atoms with van der Waals surface area (Å²) in [5.41, 5.74) is 5.11. The van der Waals surface area contributed by atoms with Gasteiger partial charge in [-0.1, -0.05) is 6.42 Å². The van der Waals surface area contributed by atoms with E-state index in [-0.39, 0.29) is 5.97 Å². The van der Waals surface area contributed by atoms with Crippen LogP contribution in [0.3, 0.4) is 0 Å². The molecular formula is C12H21NO2. The van der Waals surface area contributed by atoms with Crippen LogP contribution in [0, 0.1) is 11.8 Å². The van der Waals surface area contributed by atoms with Gasteiger partial charge in [-0.25, -0.2) is 0 Å². The molecule has 2 fully saturated rings. The fraction of sp³-hybridized carbons (Fsp3) is 0.917. The largest absolute Gasteiger partial charge is 0.459 e. The third-order valence-electron chi connectivity index (χ3n) is 3.68. The third-order valence-corrected chi connectivity index (χ3v) is 3.68. The summed E-state index contributed by atoms with van der Waals surface area (Å²) in [4.78, 5) is 12.0. The van der Waals surface area contributed by atoms with Crippen molar-refractivity contribution in [1.82, 2.24) is 0 Å². The molecule has 2 saturated carbocycles. The molecule has 0 spiro atoms. The van der Waals surface area contributed by atoms with E-state index in [4.69, 9.17) is 10.5 Å². The Hall–Kier alpha value is -0.570. The van der Waals surface area contributed by atoms with E-state index in [0.717, 1.165) is 19.3 Å². The van der Waals surface area contributed by atoms with Gasteiger partial charge in [-0.15, -0.1) is 0 Å². The van der Waals surface area contributed by atoms with Gasteiger partial charge in [0.2, 0.25) is 0 Å². The third kappa shape index (κ3) is 1.89. The van der Waals surface area contributed by atoms with Crippen molar-refractivity contribution in [3.63, 3.8) is 0 Å². The van der Waals surface area contributed by atoms with Crippen molar-refractivity contribution in [3.8, 4) is 0 Å². The van der Waals surface area contributed by atoms with Crippen molar-refractivity contribution in [2.24, 2.45) is 17.6 Å². The average Bonchev–Trinajstić information content (AvgIpc) is 2.60. The van der Waals surface area contributed by atoms with Gasteiger partial charge in [0.05, 0.1) is 0 Å². The summed E-state index contributed by atoms with van der Waals surface area (Å²) in [6.07, 6.45) is 4.29. The summed E-state index contributed by atoms with van der Waals surface area (Å²) in [6.45, 7) is 5.67. The molecule has 2 N–H and O–H groups in total. The molecule has 2 aliphatic carbocycles. The minimum atomic E-state index is -0.684. The molecule has 2 rings (SSSR count). The maximum atomic E-state index is 12.0. The van der Waals surface area contributed by atoms with Crippen molar-refractivity contribution in [1.29, 1.82) is 0 Å². The molecular weight excluding hydrogens is 190 g/mol. The lowest BCUT2D eigenvalue weighted by molar-refractivity contribution is -0.163. The lowest BCUT2D eigenvalue weighted by Gasteiger charge is -2.34. The second-order valence-corrected chi connectivity index (χ2v) is 6.12. The number of rotatable bonds is 1. The number of fused-ring (bicyclic) bond motifs is 2. The van der Waals surface area contributed by atoms with Gasteiger partial charge in [0.25, 0.3) is 0 Å². The molecule has 0 aliphatic heterocycles. The van der Waals surface area contributed by atoms with Gasteiger partial charge < -0.3 is 10.5 Å². The molecule has 86 valence electrons. The quantitative estimate of drug-likeness (QED) is 0.673. The van der Waals surface area contributed by atoms with Gasteiger partial charge in [0.1, 0.15) is 11.1 Å². The second kappa shape index (κ2) is 3.21. The standard InChI is InChI=1S/C12H21NO2/c1-11(2,3)15-10(14)12(13)7-8-4-5-9(12)6-8/h8-9H,4-7,13H2,1-3H3/t8-,9+,12-/m0/s1. The molecule has 2 bridgehead atoms. The van der Waals surface area contributed by atoms with Crippen LogP contribution in [0.4, 0.5) is 0 Å². The predicted octanol–water partition coefficient (Wildman–Crippen LogP) is 1.85. The normalized spacial score (nSPS) is 39.5. The molecule has 0 saturated heterocycles. The maximum absolute atomic E-state index is 12.0. The fourth-order valence-corrected chi connectivity index (χ4v) is 3.00. The highest BCUT2D eigenvalue weighted by molar-refractivity contribution is 5.82. The number of hydrogen-bond donors (Lipinski definition) is 1. The van der Waals surface area contributed by atoms with E-state index in [2.05, 4.69) is 0 Å². The number of nitrogens with two attached hydrogens (primary N) is 1. The summed E-state index contributed by atoms with van der Waals surface area (Å²) in [7, 11) is 0. The van der Waals surface area contributed by atoms with Gasteiger partial charge in [0, 0.05) is 0 Å². The van der Waals surface area contributed by atoms with E-state index in [1.54, 1.807) is 0 Å². The molecule has 2 aliphatic rings. The van der Waals surface area contributed by atoms with Gasteiger partial charge in [0.15, 0.2) is 0 Å². The lowest BCUT2D eigenvalue weighted by Crippen LogP contribution is -2.54. The molecule has 3 atom stereocenters. The van der Waals surface area contributed by atoms with E-state index in [1.807, 2.05) is 20.8 Å². The Balaban J connectivity index is 2.07. The van der Waals surface area contributed by atoms with Crippen LogP contribution < -0.4 is 5.73 Å². The highest BCUT2D eigenvalue weighted by Crippen LogP contribution is 2.50. The van der Waals surface area contributed by atoms with E-state index < -0.39 is 11.1 Å². The fourth-order valence-electron chi connectivity index (χ4n) is 3.00. The molecule has 3 nitrogen and oxygen atoms in total. The van der Waals surface area contributed by atoms with Crippen LogP contribution in [-0.2, 0) is 9.53 Å². The Labute approximate surface area is 91.4 Å². The van der Waals surface area contributed by atoms with E-state index in [0.29, 0.717) is 11.8 Å². The van der Waals surface area contributed by atoms with Crippen molar-refractivity contribution >= 4 is 5.97 Å². The molecule has 15 heavy (non-hydrogen) atoms. The first-order valence-corrected chi connectivity index (χ1v) is 5.83. The number of hydrogen-bond acceptors (Lipinski definition) is 3.